The van der Waals surface area contributed by atoms with Gasteiger partial charge < -0.3 is 0 Å². The fraction of sp³-hybridized carbons (Fsp3) is 0.750. The topological polar surface area (TPSA) is 12.9 Å². The van der Waals surface area contributed by atoms with Gasteiger partial charge in [0.25, 0.3) is 0 Å². The average Bonchev–Trinajstić information content (AvgIpc) is 2.85. The number of halogens is 1. The molecule has 1 heterocycles. The summed E-state index contributed by atoms with van der Waals surface area (Å²) < 4.78 is 0. The zero-order valence-electron chi connectivity index (χ0n) is 9.21. The Kier molecular flexibility index (Phi) is 4.21. The predicted octanol–water partition coefficient (Wildman–Crippen LogP) is 4.20. The zero-order chi connectivity index (χ0) is 10.7. The molecule has 1 saturated carbocycles. The van der Waals surface area contributed by atoms with Gasteiger partial charge in [-0.1, -0.05) is 41.6 Å². The number of aromatic nitrogens is 1. The number of aryl methyl sites for hydroxylation is 1. The second kappa shape index (κ2) is 5.44. The molecule has 1 atom stereocenters. The summed E-state index contributed by atoms with van der Waals surface area (Å²) in [6.07, 6.45) is 6.91. The van der Waals surface area contributed by atoms with Crippen molar-refractivity contribution in [3.63, 3.8) is 0 Å². The molecule has 2 rings (SSSR count). The van der Waals surface area contributed by atoms with Gasteiger partial charge in [0, 0.05) is 22.8 Å². The third-order valence-electron chi connectivity index (χ3n) is 3.37. The van der Waals surface area contributed by atoms with E-state index in [1.165, 1.54) is 42.8 Å². The molecule has 1 aromatic heterocycles. The highest BCUT2D eigenvalue weighted by Gasteiger charge is 2.24. The summed E-state index contributed by atoms with van der Waals surface area (Å²) in [5.41, 5.74) is 1.18. The van der Waals surface area contributed by atoms with Gasteiger partial charge in [0.05, 0.1) is 5.01 Å². The van der Waals surface area contributed by atoms with Crippen LogP contribution in [0.25, 0.3) is 0 Å². The summed E-state index contributed by atoms with van der Waals surface area (Å²) in [7, 11) is 0. The highest BCUT2D eigenvalue weighted by molar-refractivity contribution is 9.09. The molecule has 1 aromatic rings. The molecule has 0 N–H and O–H groups in total. The molecule has 0 bridgehead atoms. The summed E-state index contributed by atoms with van der Waals surface area (Å²) in [6.45, 7) is 2.08. The van der Waals surface area contributed by atoms with Crippen molar-refractivity contribution in [3.05, 3.63) is 16.1 Å². The molecule has 0 amide bonds. The largest absolute Gasteiger partial charge is 0.247 e. The van der Waals surface area contributed by atoms with E-state index in [0.717, 1.165) is 17.2 Å². The van der Waals surface area contributed by atoms with Crippen molar-refractivity contribution in [2.75, 3.05) is 5.33 Å². The number of hydrogen-bond acceptors (Lipinski definition) is 2. The van der Waals surface area contributed by atoms with Gasteiger partial charge in [0.2, 0.25) is 0 Å². The number of thiazole rings is 1. The molecule has 0 aliphatic heterocycles. The van der Waals surface area contributed by atoms with Crippen LogP contribution in [0.15, 0.2) is 5.38 Å². The van der Waals surface area contributed by atoms with Crippen molar-refractivity contribution in [1.29, 1.82) is 0 Å². The maximum Gasteiger partial charge on any atom is 0.0931 e. The van der Waals surface area contributed by atoms with Crippen molar-refractivity contribution in [2.24, 2.45) is 11.8 Å². The second-order valence-corrected chi connectivity index (χ2v) is 6.14. The maximum atomic E-state index is 4.57. The first-order valence-corrected chi connectivity index (χ1v) is 7.76. The smallest absolute Gasteiger partial charge is 0.0931 e. The molecule has 1 fully saturated rings. The van der Waals surface area contributed by atoms with Crippen LogP contribution in [0, 0.1) is 18.8 Å². The third-order valence-corrected chi connectivity index (χ3v) is 5.19. The molecule has 1 unspecified atom stereocenters. The molecule has 0 saturated heterocycles. The van der Waals surface area contributed by atoms with Crippen molar-refractivity contribution >= 4 is 27.3 Å². The first-order chi connectivity index (χ1) is 7.29. The quantitative estimate of drug-likeness (QED) is 0.757. The first kappa shape index (κ1) is 11.6. The Labute approximate surface area is 104 Å². The standard InChI is InChI=1S/C12H18BrNS/c1-9-8-15-12(14-9)6-11(7-13)10-4-2-3-5-10/h8,10-11H,2-7H2,1H3. The molecule has 3 heteroatoms. The molecule has 0 spiro atoms. The van der Waals surface area contributed by atoms with E-state index in [2.05, 4.69) is 33.2 Å². The van der Waals surface area contributed by atoms with E-state index in [4.69, 9.17) is 0 Å². The van der Waals surface area contributed by atoms with Crippen LogP contribution in [-0.2, 0) is 6.42 Å². The van der Waals surface area contributed by atoms with E-state index >= 15 is 0 Å². The lowest BCUT2D eigenvalue weighted by molar-refractivity contribution is 0.372. The van der Waals surface area contributed by atoms with Crippen LogP contribution < -0.4 is 0 Å². The Bertz CT molecular complexity index is 304. The van der Waals surface area contributed by atoms with Crippen molar-refractivity contribution in [1.82, 2.24) is 4.98 Å². The van der Waals surface area contributed by atoms with Gasteiger partial charge >= 0.3 is 0 Å². The molecule has 84 valence electrons. The maximum absolute atomic E-state index is 4.57. The number of alkyl halides is 1. The van der Waals surface area contributed by atoms with Gasteiger partial charge in [-0.2, -0.15) is 0 Å². The SMILES string of the molecule is Cc1csc(CC(CBr)C2CCCC2)n1. The van der Waals surface area contributed by atoms with E-state index in [1.807, 2.05) is 11.3 Å². The van der Waals surface area contributed by atoms with E-state index in [9.17, 15) is 0 Å². The molecule has 1 nitrogen and oxygen atoms in total. The van der Waals surface area contributed by atoms with Gasteiger partial charge in [0.1, 0.15) is 0 Å². The number of hydrogen-bond donors (Lipinski definition) is 0. The van der Waals surface area contributed by atoms with E-state index < -0.39 is 0 Å². The van der Waals surface area contributed by atoms with Crippen LogP contribution in [0.2, 0.25) is 0 Å². The van der Waals surface area contributed by atoms with Crippen LogP contribution in [0.1, 0.15) is 36.4 Å². The van der Waals surface area contributed by atoms with E-state index in [1.54, 1.807) is 0 Å². The molecule has 0 aromatic carbocycles. The fourth-order valence-electron chi connectivity index (χ4n) is 2.50. The highest BCUT2D eigenvalue weighted by Crippen LogP contribution is 2.34. The van der Waals surface area contributed by atoms with Crippen LogP contribution in [0.5, 0.6) is 0 Å². The van der Waals surface area contributed by atoms with Crippen molar-refractivity contribution in [2.45, 2.75) is 39.0 Å². The molecule has 15 heavy (non-hydrogen) atoms. The Morgan fingerprint density at radius 1 is 1.53 bits per heavy atom. The number of nitrogens with zero attached hydrogens (tertiary/aromatic N) is 1. The van der Waals surface area contributed by atoms with E-state index in [0.29, 0.717) is 0 Å². The summed E-state index contributed by atoms with van der Waals surface area (Å²) in [5, 5.41) is 4.62. The highest BCUT2D eigenvalue weighted by atomic mass is 79.9. The van der Waals surface area contributed by atoms with Gasteiger partial charge in [-0.3, -0.25) is 0 Å². The number of rotatable bonds is 4. The molecule has 0 radical (unpaired) electrons. The fourth-order valence-corrected chi connectivity index (χ4v) is 4.12. The minimum absolute atomic E-state index is 0.804. The average molecular weight is 288 g/mol. The zero-order valence-corrected chi connectivity index (χ0v) is 11.6. The summed E-state index contributed by atoms with van der Waals surface area (Å²) in [5.74, 6) is 1.74. The van der Waals surface area contributed by atoms with Gasteiger partial charge in [-0.25, -0.2) is 4.98 Å². The molecule has 1 aliphatic carbocycles. The lowest BCUT2D eigenvalue weighted by atomic mass is 9.90. The molecular formula is C12H18BrNS. The van der Waals surface area contributed by atoms with Crippen LogP contribution in [0.3, 0.4) is 0 Å². The van der Waals surface area contributed by atoms with Crippen LogP contribution in [-0.4, -0.2) is 10.3 Å². The molecule has 1 aliphatic rings. The van der Waals surface area contributed by atoms with E-state index in [-0.39, 0.29) is 0 Å². The van der Waals surface area contributed by atoms with Gasteiger partial charge in [-0.15, -0.1) is 11.3 Å². The minimum atomic E-state index is 0.804. The monoisotopic (exact) mass is 287 g/mol. The van der Waals surface area contributed by atoms with Crippen molar-refractivity contribution < 1.29 is 0 Å². The van der Waals surface area contributed by atoms with Crippen LogP contribution >= 0.6 is 27.3 Å². The molecular weight excluding hydrogens is 270 g/mol. The first-order valence-electron chi connectivity index (χ1n) is 5.76. The van der Waals surface area contributed by atoms with Crippen molar-refractivity contribution in [3.8, 4) is 0 Å². The third kappa shape index (κ3) is 3.04. The van der Waals surface area contributed by atoms with Gasteiger partial charge in [-0.05, 0) is 18.8 Å². The van der Waals surface area contributed by atoms with Gasteiger partial charge in [0.15, 0.2) is 0 Å². The Morgan fingerprint density at radius 2 is 2.27 bits per heavy atom. The summed E-state index contributed by atoms with van der Waals surface area (Å²) in [6, 6.07) is 0. The summed E-state index contributed by atoms with van der Waals surface area (Å²) in [4.78, 5) is 4.57. The Hall–Kier alpha value is 0.110. The Balaban J connectivity index is 1.95. The second-order valence-electron chi connectivity index (χ2n) is 4.55. The normalized spacial score (nSPS) is 19.6. The lowest BCUT2D eigenvalue weighted by Gasteiger charge is -2.19. The lowest BCUT2D eigenvalue weighted by Crippen LogP contribution is -2.16. The van der Waals surface area contributed by atoms with Crippen LogP contribution in [0.4, 0.5) is 0 Å². The summed E-state index contributed by atoms with van der Waals surface area (Å²) >= 11 is 5.49. The Morgan fingerprint density at radius 3 is 2.80 bits per heavy atom. The minimum Gasteiger partial charge on any atom is -0.247 e. The predicted molar refractivity (Wildman–Crippen MR) is 69.8 cm³/mol.